The van der Waals surface area contributed by atoms with Gasteiger partial charge in [-0.1, -0.05) is 6.07 Å². The average molecular weight is 245 g/mol. The summed E-state index contributed by atoms with van der Waals surface area (Å²) in [6, 6.07) is 3.66. The SMILES string of the molecule is O=C(Nc1nccnc1C1CC1)c1cccs1. The second-order valence-electron chi connectivity index (χ2n) is 4.00. The van der Waals surface area contributed by atoms with E-state index >= 15 is 0 Å². The Labute approximate surface area is 103 Å². The summed E-state index contributed by atoms with van der Waals surface area (Å²) in [7, 11) is 0. The van der Waals surface area contributed by atoms with Gasteiger partial charge in [-0.3, -0.25) is 9.78 Å². The van der Waals surface area contributed by atoms with Crippen molar-refractivity contribution in [3.05, 3.63) is 40.5 Å². The Bertz CT molecular complexity index is 534. The normalized spacial score (nSPS) is 14.6. The molecule has 0 bridgehead atoms. The quantitative estimate of drug-likeness (QED) is 0.904. The first kappa shape index (κ1) is 10.4. The van der Waals surface area contributed by atoms with E-state index in [0.29, 0.717) is 16.6 Å². The highest BCUT2D eigenvalue weighted by molar-refractivity contribution is 7.12. The van der Waals surface area contributed by atoms with Crippen LogP contribution in [0.15, 0.2) is 29.9 Å². The van der Waals surface area contributed by atoms with E-state index in [9.17, 15) is 4.79 Å². The standard InChI is InChI=1S/C12H11N3OS/c16-12(9-2-1-7-17-9)15-11-10(8-3-4-8)13-5-6-14-11/h1-2,5-8H,3-4H2,(H,14,15,16). The van der Waals surface area contributed by atoms with Crippen molar-refractivity contribution < 1.29 is 4.79 Å². The summed E-state index contributed by atoms with van der Waals surface area (Å²) >= 11 is 1.42. The minimum Gasteiger partial charge on any atom is -0.304 e. The molecule has 2 aromatic rings. The molecule has 0 aliphatic heterocycles. The number of anilines is 1. The Morgan fingerprint density at radius 3 is 2.88 bits per heavy atom. The fraction of sp³-hybridized carbons (Fsp3) is 0.250. The van der Waals surface area contributed by atoms with Gasteiger partial charge in [0.05, 0.1) is 10.6 Å². The zero-order valence-electron chi connectivity index (χ0n) is 9.09. The van der Waals surface area contributed by atoms with Crippen LogP contribution in [0.3, 0.4) is 0 Å². The van der Waals surface area contributed by atoms with Crippen molar-refractivity contribution in [3.63, 3.8) is 0 Å². The number of amides is 1. The number of hydrogen-bond donors (Lipinski definition) is 1. The molecule has 5 heteroatoms. The van der Waals surface area contributed by atoms with E-state index in [1.165, 1.54) is 11.3 Å². The number of hydrogen-bond acceptors (Lipinski definition) is 4. The van der Waals surface area contributed by atoms with E-state index in [-0.39, 0.29) is 5.91 Å². The first-order chi connectivity index (χ1) is 8.34. The Hall–Kier alpha value is -1.75. The number of thiophene rings is 1. The predicted octanol–water partition coefficient (Wildman–Crippen LogP) is 2.67. The summed E-state index contributed by atoms with van der Waals surface area (Å²) in [5, 5.41) is 4.71. The Kier molecular flexibility index (Phi) is 2.60. The van der Waals surface area contributed by atoms with Gasteiger partial charge in [0.15, 0.2) is 5.82 Å². The number of carbonyl (C=O) groups is 1. The van der Waals surface area contributed by atoms with Gasteiger partial charge in [-0.05, 0) is 24.3 Å². The minimum atomic E-state index is -0.109. The van der Waals surface area contributed by atoms with Crippen molar-refractivity contribution in [2.45, 2.75) is 18.8 Å². The molecule has 0 atom stereocenters. The molecule has 4 nitrogen and oxygen atoms in total. The van der Waals surface area contributed by atoms with Gasteiger partial charge >= 0.3 is 0 Å². The van der Waals surface area contributed by atoms with Crippen LogP contribution in [0, 0.1) is 0 Å². The van der Waals surface area contributed by atoms with Crippen LogP contribution in [0.1, 0.15) is 34.1 Å². The Morgan fingerprint density at radius 2 is 2.18 bits per heavy atom. The van der Waals surface area contributed by atoms with E-state index in [1.807, 2.05) is 11.4 Å². The van der Waals surface area contributed by atoms with Crippen LogP contribution in [0.5, 0.6) is 0 Å². The second-order valence-corrected chi connectivity index (χ2v) is 4.94. The van der Waals surface area contributed by atoms with E-state index in [1.54, 1.807) is 18.5 Å². The third-order valence-corrected chi connectivity index (χ3v) is 3.54. The number of nitrogens with zero attached hydrogens (tertiary/aromatic N) is 2. The molecule has 1 aliphatic rings. The van der Waals surface area contributed by atoms with Gasteiger partial charge in [0.1, 0.15) is 0 Å². The average Bonchev–Trinajstić information content (AvgIpc) is 3.04. The highest BCUT2D eigenvalue weighted by Crippen LogP contribution is 2.41. The second kappa shape index (κ2) is 4.25. The van der Waals surface area contributed by atoms with E-state index < -0.39 is 0 Å². The first-order valence-corrected chi connectivity index (χ1v) is 6.38. The van der Waals surface area contributed by atoms with Gasteiger partial charge in [-0.25, -0.2) is 4.98 Å². The highest BCUT2D eigenvalue weighted by atomic mass is 32.1. The molecule has 0 aromatic carbocycles. The monoisotopic (exact) mass is 245 g/mol. The van der Waals surface area contributed by atoms with Gasteiger partial charge in [0.2, 0.25) is 0 Å². The minimum absolute atomic E-state index is 0.109. The van der Waals surface area contributed by atoms with Gasteiger partial charge in [-0.2, -0.15) is 0 Å². The van der Waals surface area contributed by atoms with E-state index in [2.05, 4.69) is 15.3 Å². The summed E-state index contributed by atoms with van der Waals surface area (Å²) in [6.07, 6.45) is 5.56. The van der Waals surface area contributed by atoms with Gasteiger partial charge in [0, 0.05) is 18.3 Å². The van der Waals surface area contributed by atoms with Crippen molar-refractivity contribution in [2.24, 2.45) is 0 Å². The van der Waals surface area contributed by atoms with Crippen LogP contribution < -0.4 is 5.32 Å². The van der Waals surface area contributed by atoms with E-state index in [0.717, 1.165) is 18.5 Å². The summed E-state index contributed by atoms with van der Waals surface area (Å²) in [5.41, 5.74) is 0.914. The van der Waals surface area contributed by atoms with Crippen LogP contribution in [-0.2, 0) is 0 Å². The van der Waals surface area contributed by atoms with Crippen LogP contribution >= 0.6 is 11.3 Å². The number of nitrogens with one attached hydrogen (secondary N) is 1. The predicted molar refractivity (Wildman–Crippen MR) is 66.3 cm³/mol. The molecule has 2 aromatic heterocycles. The molecular weight excluding hydrogens is 234 g/mol. The molecule has 86 valence electrons. The van der Waals surface area contributed by atoms with Crippen molar-refractivity contribution in [2.75, 3.05) is 5.32 Å². The summed E-state index contributed by atoms with van der Waals surface area (Å²) in [5.74, 6) is 0.970. The zero-order valence-corrected chi connectivity index (χ0v) is 9.91. The fourth-order valence-corrected chi connectivity index (χ4v) is 2.30. The summed E-state index contributed by atoms with van der Waals surface area (Å²) < 4.78 is 0. The van der Waals surface area contributed by atoms with Crippen molar-refractivity contribution in [3.8, 4) is 0 Å². The first-order valence-electron chi connectivity index (χ1n) is 5.50. The molecule has 17 heavy (non-hydrogen) atoms. The van der Waals surface area contributed by atoms with Gasteiger partial charge in [-0.15, -0.1) is 11.3 Å². The molecule has 1 fully saturated rings. The molecule has 1 amide bonds. The molecule has 0 spiro atoms. The number of rotatable bonds is 3. The fourth-order valence-electron chi connectivity index (χ4n) is 1.68. The molecule has 3 rings (SSSR count). The maximum atomic E-state index is 11.9. The molecule has 1 N–H and O–H groups in total. The van der Waals surface area contributed by atoms with Gasteiger partial charge < -0.3 is 5.32 Å². The zero-order chi connectivity index (χ0) is 11.7. The van der Waals surface area contributed by atoms with E-state index in [4.69, 9.17) is 0 Å². The third kappa shape index (κ3) is 2.19. The lowest BCUT2D eigenvalue weighted by atomic mass is 10.3. The number of carbonyl (C=O) groups excluding carboxylic acids is 1. The Balaban J connectivity index is 1.83. The highest BCUT2D eigenvalue weighted by Gasteiger charge is 2.28. The largest absolute Gasteiger partial charge is 0.304 e. The smallest absolute Gasteiger partial charge is 0.266 e. The Morgan fingerprint density at radius 1 is 1.35 bits per heavy atom. The van der Waals surface area contributed by atoms with Crippen molar-refractivity contribution in [1.82, 2.24) is 9.97 Å². The van der Waals surface area contributed by atoms with Gasteiger partial charge in [0.25, 0.3) is 5.91 Å². The summed E-state index contributed by atoms with van der Waals surface area (Å²) in [6.45, 7) is 0. The molecule has 0 radical (unpaired) electrons. The molecule has 1 saturated carbocycles. The molecular formula is C12H11N3OS. The maximum Gasteiger partial charge on any atom is 0.266 e. The maximum absolute atomic E-state index is 11.9. The number of aromatic nitrogens is 2. The van der Waals surface area contributed by atoms with Crippen LogP contribution in [0.25, 0.3) is 0 Å². The van der Waals surface area contributed by atoms with Crippen LogP contribution in [-0.4, -0.2) is 15.9 Å². The lowest BCUT2D eigenvalue weighted by Gasteiger charge is -2.06. The van der Waals surface area contributed by atoms with Crippen LogP contribution in [0.4, 0.5) is 5.82 Å². The third-order valence-electron chi connectivity index (χ3n) is 2.67. The molecule has 0 unspecified atom stereocenters. The van der Waals surface area contributed by atoms with Crippen LogP contribution in [0.2, 0.25) is 0 Å². The lowest BCUT2D eigenvalue weighted by Crippen LogP contribution is -2.13. The molecule has 2 heterocycles. The topological polar surface area (TPSA) is 54.9 Å². The lowest BCUT2D eigenvalue weighted by molar-refractivity contribution is 0.103. The molecule has 0 saturated heterocycles. The summed E-state index contributed by atoms with van der Waals surface area (Å²) in [4.78, 5) is 21.1. The van der Waals surface area contributed by atoms with Crippen molar-refractivity contribution >= 4 is 23.1 Å². The van der Waals surface area contributed by atoms with Crippen molar-refractivity contribution in [1.29, 1.82) is 0 Å². The molecule has 1 aliphatic carbocycles.